The van der Waals surface area contributed by atoms with Crippen LogP contribution in [0.2, 0.25) is 0 Å². The maximum Gasteiger partial charge on any atom is 0.229 e. The molecule has 1 fully saturated rings. The van der Waals surface area contributed by atoms with E-state index in [0.717, 1.165) is 10.5 Å². The average Bonchev–Trinajstić information content (AvgIpc) is 3.11. The lowest BCUT2D eigenvalue weighted by atomic mass is 10.1. The van der Waals surface area contributed by atoms with Crippen molar-refractivity contribution in [2.75, 3.05) is 29.6 Å². The Morgan fingerprint density at radius 2 is 2.14 bits per heavy atom. The van der Waals surface area contributed by atoms with Crippen LogP contribution in [-0.4, -0.2) is 31.2 Å². The number of anilines is 2. The molecule has 2 amide bonds. The number of methoxy groups -OCH3 is 1. The van der Waals surface area contributed by atoms with Gasteiger partial charge in [0, 0.05) is 30.0 Å². The first-order chi connectivity index (χ1) is 14.0. The third-order valence-corrected chi connectivity index (χ3v) is 5.81. The van der Waals surface area contributed by atoms with Crippen molar-refractivity contribution >= 4 is 35.0 Å². The highest BCUT2D eigenvalue weighted by molar-refractivity contribution is 7.99. The van der Waals surface area contributed by atoms with Gasteiger partial charge in [0.1, 0.15) is 5.75 Å². The molecule has 6 nitrogen and oxygen atoms in total. The number of hydrogen-bond acceptors (Lipinski definition) is 5. The van der Waals surface area contributed by atoms with Crippen molar-refractivity contribution in [2.45, 2.75) is 24.7 Å². The Morgan fingerprint density at radius 1 is 1.34 bits per heavy atom. The number of carbonyl (C=O) groups is 2. The summed E-state index contributed by atoms with van der Waals surface area (Å²) in [6.45, 7) is 2.27. The molecule has 0 aliphatic carbocycles. The second-order valence-corrected chi connectivity index (χ2v) is 7.96. The molecule has 0 aromatic heterocycles. The van der Waals surface area contributed by atoms with Crippen LogP contribution in [0.5, 0.6) is 5.75 Å². The van der Waals surface area contributed by atoms with Gasteiger partial charge in [-0.15, -0.1) is 11.8 Å². The van der Waals surface area contributed by atoms with Gasteiger partial charge in [-0.2, -0.15) is 5.26 Å². The molecule has 1 N–H and O–H groups in total. The van der Waals surface area contributed by atoms with Crippen LogP contribution in [-0.2, 0) is 9.59 Å². The molecular weight excluding hydrogens is 386 g/mol. The smallest absolute Gasteiger partial charge is 0.229 e. The van der Waals surface area contributed by atoms with E-state index in [1.54, 1.807) is 12.0 Å². The van der Waals surface area contributed by atoms with E-state index in [1.165, 1.54) is 11.8 Å². The zero-order valence-corrected chi connectivity index (χ0v) is 17.3. The van der Waals surface area contributed by atoms with Crippen molar-refractivity contribution in [1.82, 2.24) is 0 Å². The van der Waals surface area contributed by atoms with Crippen LogP contribution in [0, 0.1) is 24.2 Å². The quantitative estimate of drug-likeness (QED) is 0.552. The molecule has 0 saturated carbocycles. The van der Waals surface area contributed by atoms with Crippen molar-refractivity contribution in [1.29, 1.82) is 5.26 Å². The molecule has 0 spiro atoms. The van der Waals surface area contributed by atoms with Crippen molar-refractivity contribution in [3.63, 3.8) is 0 Å². The molecule has 1 aliphatic heterocycles. The molecule has 2 aromatic rings. The Bertz CT molecular complexity index is 955. The van der Waals surface area contributed by atoms with Gasteiger partial charge < -0.3 is 15.0 Å². The van der Waals surface area contributed by atoms with Crippen LogP contribution in [0.15, 0.2) is 47.4 Å². The van der Waals surface area contributed by atoms with Crippen LogP contribution in [0.3, 0.4) is 0 Å². The van der Waals surface area contributed by atoms with E-state index >= 15 is 0 Å². The number of ether oxygens (including phenoxy) is 1. The van der Waals surface area contributed by atoms with Gasteiger partial charge in [0.25, 0.3) is 0 Å². The Hall–Kier alpha value is -2.98. The number of rotatable bonds is 7. The first-order valence-corrected chi connectivity index (χ1v) is 10.4. The minimum Gasteiger partial charge on any atom is -0.495 e. The van der Waals surface area contributed by atoms with Crippen molar-refractivity contribution < 1.29 is 14.3 Å². The largest absolute Gasteiger partial charge is 0.495 e. The second-order valence-electron chi connectivity index (χ2n) is 6.82. The highest BCUT2D eigenvalue weighted by Crippen LogP contribution is 2.35. The van der Waals surface area contributed by atoms with Gasteiger partial charge >= 0.3 is 0 Å². The molecule has 1 aliphatic rings. The van der Waals surface area contributed by atoms with E-state index in [0.29, 0.717) is 35.8 Å². The van der Waals surface area contributed by atoms with E-state index in [4.69, 9.17) is 10.00 Å². The Labute approximate surface area is 174 Å². The minimum atomic E-state index is -0.440. The number of hydrogen-bond donors (Lipinski definition) is 1. The number of amides is 2. The number of aryl methyl sites for hydroxylation is 1. The summed E-state index contributed by atoms with van der Waals surface area (Å²) < 4.78 is 5.39. The van der Waals surface area contributed by atoms with Crippen LogP contribution in [0.1, 0.15) is 18.4 Å². The third-order valence-electron chi connectivity index (χ3n) is 4.74. The number of benzene rings is 2. The molecule has 1 unspecified atom stereocenters. The summed E-state index contributed by atoms with van der Waals surface area (Å²) in [6.07, 6.45) is 0.601. The van der Waals surface area contributed by atoms with Gasteiger partial charge in [0.2, 0.25) is 11.8 Å². The highest BCUT2D eigenvalue weighted by atomic mass is 32.2. The predicted molar refractivity (Wildman–Crippen MR) is 114 cm³/mol. The summed E-state index contributed by atoms with van der Waals surface area (Å²) in [4.78, 5) is 28.0. The first kappa shape index (κ1) is 20.7. The van der Waals surface area contributed by atoms with Crippen molar-refractivity contribution in [2.24, 2.45) is 5.92 Å². The summed E-state index contributed by atoms with van der Waals surface area (Å²) in [5.41, 5.74) is 2.42. The lowest BCUT2D eigenvalue weighted by molar-refractivity contribution is -0.122. The number of thioether (sulfide) groups is 1. The third kappa shape index (κ3) is 4.90. The van der Waals surface area contributed by atoms with E-state index in [-0.39, 0.29) is 18.2 Å². The predicted octanol–water partition coefficient (Wildman–Crippen LogP) is 4.00. The van der Waals surface area contributed by atoms with Gasteiger partial charge in [0.15, 0.2) is 0 Å². The van der Waals surface area contributed by atoms with Crippen LogP contribution in [0.25, 0.3) is 0 Å². The maximum absolute atomic E-state index is 12.9. The van der Waals surface area contributed by atoms with Crippen LogP contribution < -0.4 is 15.0 Å². The summed E-state index contributed by atoms with van der Waals surface area (Å²) in [6, 6.07) is 15.3. The number of para-hydroxylation sites is 1. The Kier molecular flexibility index (Phi) is 6.78. The van der Waals surface area contributed by atoms with Gasteiger partial charge in [-0.05, 0) is 36.8 Å². The normalized spacial score (nSPS) is 15.8. The van der Waals surface area contributed by atoms with Crippen molar-refractivity contribution in [3.05, 3.63) is 48.0 Å². The van der Waals surface area contributed by atoms with E-state index < -0.39 is 5.92 Å². The number of nitrogens with zero attached hydrogens (tertiary/aromatic N) is 2. The Morgan fingerprint density at radius 3 is 2.90 bits per heavy atom. The Balaban J connectivity index is 1.72. The summed E-state index contributed by atoms with van der Waals surface area (Å²) in [5.74, 6) is 0.562. The van der Waals surface area contributed by atoms with E-state index in [9.17, 15) is 9.59 Å². The fraction of sp³-hybridized carbons (Fsp3) is 0.318. The van der Waals surface area contributed by atoms with Gasteiger partial charge in [-0.25, -0.2) is 0 Å². The van der Waals surface area contributed by atoms with E-state index in [2.05, 4.69) is 11.4 Å². The molecule has 150 valence electrons. The van der Waals surface area contributed by atoms with E-state index in [1.807, 2.05) is 49.4 Å². The molecule has 3 rings (SSSR count). The summed E-state index contributed by atoms with van der Waals surface area (Å²) >= 11 is 1.53. The molecule has 1 heterocycles. The molecule has 0 bridgehead atoms. The monoisotopic (exact) mass is 409 g/mol. The number of carbonyl (C=O) groups excluding carboxylic acids is 2. The topological polar surface area (TPSA) is 82.4 Å². The number of nitriles is 1. The number of nitrogens with one attached hydrogen (secondary N) is 1. The van der Waals surface area contributed by atoms with Crippen molar-refractivity contribution in [3.8, 4) is 11.8 Å². The van der Waals surface area contributed by atoms with Crippen LogP contribution >= 0.6 is 11.8 Å². The van der Waals surface area contributed by atoms with Crippen LogP contribution in [0.4, 0.5) is 11.4 Å². The second kappa shape index (κ2) is 9.48. The highest BCUT2D eigenvalue weighted by Gasteiger charge is 2.36. The fourth-order valence-corrected chi connectivity index (χ4v) is 4.13. The zero-order valence-electron chi connectivity index (χ0n) is 16.5. The van der Waals surface area contributed by atoms with Gasteiger partial charge in [-0.1, -0.05) is 18.2 Å². The molecule has 29 heavy (non-hydrogen) atoms. The SMILES string of the molecule is COc1ccc(C)cc1N1CC(C(=O)Nc2ccccc2SCCC#N)CC1=O. The minimum absolute atomic E-state index is 0.0919. The molecular formula is C22H23N3O3S. The standard InChI is InChI=1S/C22H23N3O3S/c1-15-8-9-19(28-2)18(12-15)25-14-16(13-21(25)26)22(27)24-17-6-3-4-7-20(17)29-11-5-10-23/h3-4,6-9,12,16H,5,11,13-14H2,1-2H3,(H,24,27). The summed E-state index contributed by atoms with van der Waals surface area (Å²) in [7, 11) is 1.57. The lowest BCUT2D eigenvalue weighted by Gasteiger charge is -2.20. The molecule has 7 heteroatoms. The molecule has 1 atom stereocenters. The first-order valence-electron chi connectivity index (χ1n) is 9.38. The summed E-state index contributed by atoms with van der Waals surface area (Å²) in [5, 5.41) is 11.7. The maximum atomic E-state index is 12.9. The average molecular weight is 410 g/mol. The zero-order chi connectivity index (χ0) is 20.8. The lowest BCUT2D eigenvalue weighted by Crippen LogP contribution is -2.28. The molecule has 1 saturated heterocycles. The molecule has 0 radical (unpaired) electrons. The fourth-order valence-electron chi connectivity index (χ4n) is 3.26. The van der Waals surface area contributed by atoms with Gasteiger partial charge in [0.05, 0.1) is 30.5 Å². The molecule has 2 aromatic carbocycles. The van der Waals surface area contributed by atoms with Gasteiger partial charge in [-0.3, -0.25) is 9.59 Å².